The Balaban J connectivity index is 1.48. The fraction of sp³-hybridized carbons (Fsp3) is 0.161. The van der Waals surface area contributed by atoms with E-state index in [0.29, 0.717) is 13.1 Å². The second kappa shape index (κ2) is 10.0. The fourth-order valence-corrected chi connectivity index (χ4v) is 5.22. The Kier molecular flexibility index (Phi) is 6.25. The minimum absolute atomic E-state index is 0.196. The molecular weight excluding hydrogens is 477 g/mol. The first kappa shape index (κ1) is 23.7. The summed E-state index contributed by atoms with van der Waals surface area (Å²) in [5.74, 6) is 0.648. The van der Waals surface area contributed by atoms with Crippen LogP contribution >= 0.6 is 0 Å². The van der Waals surface area contributed by atoms with Gasteiger partial charge in [-0.3, -0.25) is 0 Å². The molecule has 0 aliphatic carbocycles. The van der Waals surface area contributed by atoms with E-state index >= 15 is 0 Å². The highest BCUT2D eigenvalue weighted by Gasteiger charge is 2.36. The molecule has 6 nitrogen and oxygen atoms in total. The van der Waals surface area contributed by atoms with Crippen molar-refractivity contribution in [3.63, 3.8) is 0 Å². The first-order valence-corrected chi connectivity index (χ1v) is 12.8. The molecule has 1 N–H and O–H groups in total. The Hall–Kier alpha value is -4.65. The second-order valence-corrected chi connectivity index (χ2v) is 9.38. The number of amides is 2. The van der Waals surface area contributed by atoms with Gasteiger partial charge in [0.25, 0.3) is 0 Å². The summed E-state index contributed by atoms with van der Waals surface area (Å²) in [7, 11) is 0. The highest BCUT2D eigenvalue weighted by Crippen LogP contribution is 2.38. The van der Waals surface area contributed by atoms with E-state index in [9.17, 15) is 9.18 Å². The van der Waals surface area contributed by atoms with E-state index in [4.69, 9.17) is 5.10 Å². The SMILES string of the molecule is CCc1nn(-c2ccccc2)c2c1CN(C(=O)NCc1ccc(F)cc1)[C@H](c1ccccc1)c1cccn1-2. The molecule has 0 radical (unpaired) electrons. The number of urea groups is 1. The van der Waals surface area contributed by atoms with Gasteiger partial charge in [-0.15, -0.1) is 0 Å². The summed E-state index contributed by atoms with van der Waals surface area (Å²) in [6, 6.07) is 30.0. The summed E-state index contributed by atoms with van der Waals surface area (Å²) >= 11 is 0. The molecule has 6 rings (SSSR count). The first-order valence-electron chi connectivity index (χ1n) is 12.8. The molecule has 0 fully saturated rings. The Labute approximate surface area is 221 Å². The van der Waals surface area contributed by atoms with E-state index in [1.54, 1.807) is 12.1 Å². The predicted octanol–water partition coefficient (Wildman–Crippen LogP) is 6.18. The molecule has 7 heteroatoms. The molecule has 0 unspecified atom stereocenters. The van der Waals surface area contributed by atoms with Crippen LogP contribution in [0.5, 0.6) is 0 Å². The molecule has 0 saturated carbocycles. The quantitative estimate of drug-likeness (QED) is 0.310. The van der Waals surface area contributed by atoms with E-state index < -0.39 is 0 Å². The number of rotatable bonds is 5. The maximum Gasteiger partial charge on any atom is 0.318 e. The summed E-state index contributed by atoms with van der Waals surface area (Å²) in [6.07, 6.45) is 2.78. The van der Waals surface area contributed by atoms with Crippen LogP contribution in [0.15, 0.2) is 103 Å². The number of para-hydroxylation sites is 1. The van der Waals surface area contributed by atoms with Crippen LogP contribution in [-0.2, 0) is 19.5 Å². The number of fused-ring (bicyclic) bond motifs is 3. The first-order chi connectivity index (χ1) is 18.6. The van der Waals surface area contributed by atoms with Crippen LogP contribution in [0, 0.1) is 5.82 Å². The molecule has 1 atom stereocenters. The van der Waals surface area contributed by atoms with Gasteiger partial charge in [-0.05, 0) is 53.9 Å². The van der Waals surface area contributed by atoms with Gasteiger partial charge in [-0.25, -0.2) is 13.9 Å². The Bertz CT molecular complexity index is 1560. The summed E-state index contributed by atoms with van der Waals surface area (Å²) in [6.45, 7) is 2.78. The van der Waals surface area contributed by atoms with Crippen LogP contribution in [-0.4, -0.2) is 25.3 Å². The van der Waals surface area contributed by atoms with Crippen LogP contribution in [0.2, 0.25) is 0 Å². The molecule has 3 aromatic carbocycles. The van der Waals surface area contributed by atoms with Gasteiger partial charge >= 0.3 is 6.03 Å². The Morgan fingerprint density at radius 2 is 1.66 bits per heavy atom. The van der Waals surface area contributed by atoms with Crippen LogP contribution in [0.4, 0.5) is 9.18 Å². The number of nitrogens with one attached hydrogen (secondary N) is 1. The van der Waals surface area contributed by atoms with Crippen molar-refractivity contribution in [3.05, 3.63) is 137 Å². The molecule has 0 spiro atoms. The van der Waals surface area contributed by atoms with E-state index in [-0.39, 0.29) is 17.9 Å². The molecule has 190 valence electrons. The van der Waals surface area contributed by atoms with E-state index in [0.717, 1.165) is 46.0 Å². The lowest BCUT2D eigenvalue weighted by molar-refractivity contribution is 0.180. The van der Waals surface area contributed by atoms with Gasteiger partial charge in [-0.1, -0.05) is 67.6 Å². The zero-order valence-electron chi connectivity index (χ0n) is 21.1. The monoisotopic (exact) mass is 505 g/mol. The lowest BCUT2D eigenvalue weighted by Crippen LogP contribution is -2.41. The smallest absolute Gasteiger partial charge is 0.318 e. The van der Waals surface area contributed by atoms with Crippen LogP contribution < -0.4 is 5.32 Å². The maximum atomic E-state index is 13.9. The number of carbonyl (C=O) groups excluding carboxylic acids is 1. The van der Waals surface area contributed by atoms with Crippen molar-refractivity contribution in [2.24, 2.45) is 0 Å². The van der Waals surface area contributed by atoms with Gasteiger partial charge in [-0.2, -0.15) is 5.10 Å². The van der Waals surface area contributed by atoms with Gasteiger partial charge in [0, 0.05) is 18.3 Å². The fourth-order valence-electron chi connectivity index (χ4n) is 5.22. The van der Waals surface area contributed by atoms with Gasteiger partial charge in [0.2, 0.25) is 0 Å². The molecule has 3 heterocycles. The lowest BCUT2D eigenvalue weighted by atomic mass is 10.0. The zero-order chi connectivity index (χ0) is 26.1. The number of benzene rings is 3. The topological polar surface area (TPSA) is 55.1 Å². The molecular formula is C31H28FN5O. The maximum absolute atomic E-state index is 13.9. The molecule has 2 aromatic heterocycles. The van der Waals surface area contributed by atoms with Crippen molar-refractivity contribution in [1.29, 1.82) is 0 Å². The van der Waals surface area contributed by atoms with Crippen molar-refractivity contribution in [1.82, 2.24) is 24.6 Å². The number of nitrogens with zero attached hydrogens (tertiary/aromatic N) is 4. The third-order valence-corrected chi connectivity index (χ3v) is 7.04. The van der Waals surface area contributed by atoms with E-state index in [2.05, 4.69) is 35.0 Å². The van der Waals surface area contributed by atoms with Crippen LogP contribution in [0.1, 0.15) is 41.0 Å². The predicted molar refractivity (Wildman–Crippen MR) is 145 cm³/mol. The number of aromatic nitrogens is 3. The van der Waals surface area contributed by atoms with Gasteiger partial charge < -0.3 is 14.8 Å². The summed E-state index contributed by atoms with van der Waals surface area (Å²) in [4.78, 5) is 15.8. The normalized spacial score (nSPS) is 14.5. The number of hydrogen-bond donors (Lipinski definition) is 1. The molecule has 0 saturated heterocycles. The Morgan fingerprint density at radius 1 is 0.947 bits per heavy atom. The third kappa shape index (κ3) is 4.26. The summed E-state index contributed by atoms with van der Waals surface area (Å²) in [5.41, 5.74) is 5.77. The second-order valence-electron chi connectivity index (χ2n) is 9.38. The standard InChI is InChI=1S/C31H28FN5O/c1-2-27-26-21-36(31(38)33-20-22-15-17-24(32)18-16-22)29(23-10-5-3-6-11-23)28-14-9-19-35(28)30(26)37(34-27)25-12-7-4-8-13-25/h3-19,29H,2,20-21H2,1H3,(H,33,38)/t29-/m1/s1. The van der Waals surface area contributed by atoms with Crippen molar-refractivity contribution in [2.75, 3.05) is 0 Å². The molecule has 0 bridgehead atoms. The third-order valence-electron chi connectivity index (χ3n) is 7.04. The van der Waals surface area contributed by atoms with Crippen molar-refractivity contribution in [3.8, 4) is 11.5 Å². The molecule has 38 heavy (non-hydrogen) atoms. The molecule has 2 amide bonds. The molecule has 1 aliphatic rings. The highest BCUT2D eigenvalue weighted by molar-refractivity contribution is 5.76. The van der Waals surface area contributed by atoms with Gasteiger partial charge in [0.05, 0.1) is 29.7 Å². The van der Waals surface area contributed by atoms with Gasteiger partial charge in [0.1, 0.15) is 11.6 Å². The number of halogens is 1. The van der Waals surface area contributed by atoms with Crippen molar-refractivity contribution < 1.29 is 9.18 Å². The summed E-state index contributed by atoms with van der Waals surface area (Å²) in [5, 5.41) is 8.07. The zero-order valence-corrected chi connectivity index (χ0v) is 21.1. The lowest BCUT2D eigenvalue weighted by Gasteiger charge is -2.31. The molecule has 1 aliphatic heterocycles. The summed E-state index contributed by atoms with van der Waals surface area (Å²) < 4.78 is 17.6. The Morgan fingerprint density at radius 3 is 2.37 bits per heavy atom. The van der Waals surface area contributed by atoms with Crippen LogP contribution in [0.25, 0.3) is 11.5 Å². The highest BCUT2D eigenvalue weighted by atomic mass is 19.1. The van der Waals surface area contributed by atoms with Crippen molar-refractivity contribution >= 4 is 6.03 Å². The molecule has 5 aromatic rings. The largest absolute Gasteiger partial charge is 0.334 e. The number of aryl methyl sites for hydroxylation is 1. The van der Waals surface area contributed by atoms with Crippen LogP contribution in [0.3, 0.4) is 0 Å². The average Bonchev–Trinajstić information content (AvgIpc) is 3.54. The minimum Gasteiger partial charge on any atom is -0.334 e. The van der Waals surface area contributed by atoms with Gasteiger partial charge in [0.15, 0.2) is 0 Å². The number of carbonyl (C=O) groups is 1. The van der Waals surface area contributed by atoms with E-state index in [1.807, 2.05) is 70.4 Å². The average molecular weight is 506 g/mol. The van der Waals surface area contributed by atoms with Crippen molar-refractivity contribution in [2.45, 2.75) is 32.5 Å². The minimum atomic E-state index is -0.319. The van der Waals surface area contributed by atoms with E-state index in [1.165, 1.54) is 12.1 Å². The number of hydrogen-bond acceptors (Lipinski definition) is 2.